The number of rotatable bonds is 4. The van der Waals surface area contributed by atoms with Gasteiger partial charge in [0.2, 0.25) is 0 Å². The molecule has 0 spiro atoms. The van der Waals surface area contributed by atoms with Crippen LogP contribution >= 0.6 is 0 Å². The van der Waals surface area contributed by atoms with Crippen LogP contribution in [0.5, 0.6) is 0 Å². The average molecular weight is 279 g/mol. The van der Waals surface area contributed by atoms with Crippen molar-refractivity contribution in [1.29, 1.82) is 0 Å². The fraction of sp³-hybridized carbons (Fsp3) is 0.158. The van der Waals surface area contributed by atoms with Gasteiger partial charge in [-0.3, -0.25) is 0 Å². The van der Waals surface area contributed by atoms with Crippen molar-refractivity contribution in [2.45, 2.75) is 12.3 Å². The first-order chi connectivity index (χ1) is 10.3. The highest BCUT2D eigenvalue weighted by Crippen LogP contribution is 2.28. The maximum atomic E-state index is 13.9. The van der Waals surface area contributed by atoms with E-state index < -0.39 is 0 Å². The van der Waals surface area contributed by atoms with Crippen molar-refractivity contribution in [2.24, 2.45) is 5.73 Å². The van der Waals surface area contributed by atoms with E-state index in [2.05, 4.69) is 24.3 Å². The number of halogens is 1. The van der Waals surface area contributed by atoms with Gasteiger partial charge in [0.15, 0.2) is 0 Å². The van der Waals surface area contributed by atoms with Crippen LogP contribution in [0.15, 0.2) is 66.7 Å². The van der Waals surface area contributed by atoms with Gasteiger partial charge in [0.1, 0.15) is 5.82 Å². The van der Waals surface area contributed by atoms with Crippen molar-refractivity contribution < 1.29 is 4.39 Å². The van der Waals surface area contributed by atoms with Gasteiger partial charge in [0.05, 0.1) is 0 Å². The fourth-order valence-corrected chi connectivity index (χ4v) is 2.86. The molecule has 1 nitrogen and oxygen atoms in total. The smallest absolute Gasteiger partial charge is 0.126 e. The van der Waals surface area contributed by atoms with Crippen LogP contribution < -0.4 is 5.73 Å². The molecule has 0 saturated heterocycles. The van der Waals surface area contributed by atoms with E-state index in [4.69, 9.17) is 5.73 Å². The largest absolute Gasteiger partial charge is 0.330 e. The highest BCUT2D eigenvalue weighted by Gasteiger charge is 2.15. The zero-order valence-electron chi connectivity index (χ0n) is 11.8. The van der Waals surface area contributed by atoms with Crippen molar-refractivity contribution in [3.05, 3.63) is 83.7 Å². The summed E-state index contributed by atoms with van der Waals surface area (Å²) in [5.41, 5.74) is 7.89. The van der Waals surface area contributed by atoms with E-state index in [9.17, 15) is 4.39 Å². The maximum Gasteiger partial charge on any atom is 0.126 e. The summed E-state index contributed by atoms with van der Waals surface area (Å²) in [6.07, 6.45) is 0.622. The molecule has 0 aromatic heterocycles. The third kappa shape index (κ3) is 2.81. The first-order valence-electron chi connectivity index (χ1n) is 7.20. The molecular weight excluding hydrogens is 261 g/mol. The molecule has 2 N–H and O–H groups in total. The Kier molecular flexibility index (Phi) is 3.98. The summed E-state index contributed by atoms with van der Waals surface area (Å²) in [4.78, 5) is 0. The molecule has 3 aromatic carbocycles. The highest BCUT2D eigenvalue weighted by atomic mass is 19.1. The second-order valence-electron chi connectivity index (χ2n) is 5.30. The Hall–Kier alpha value is -2.19. The van der Waals surface area contributed by atoms with Crippen LogP contribution in [0.1, 0.15) is 17.0 Å². The Morgan fingerprint density at radius 3 is 2.38 bits per heavy atom. The molecule has 0 radical (unpaired) electrons. The maximum absolute atomic E-state index is 13.9. The number of benzene rings is 3. The summed E-state index contributed by atoms with van der Waals surface area (Å²) in [5.74, 6) is -0.0378. The van der Waals surface area contributed by atoms with Gasteiger partial charge < -0.3 is 5.73 Å². The number of hydrogen-bond acceptors (Lipinski definition) is 1. The second kappa shape index (κ2) is 6.06. The van der Waals surface area contributed by atoms with Crippen molar-refractivity contribution in [3.8, 4) is 0 Å². The molecule has 0 aliphatic heterocycles. The van der Waals surface area contributed by atoms with Crippen molar-refractivity contribution in [1.82, 2.24) is 0 Å². The predicted octanol–water partition coefficient (Wildman–Crippen LogP) is 4.26. The van der Waals surface area contributed by atoms with Crippen LogP contribution in [-0.2, 0) is 6.42 Å². The summed E-state index contributed by atoms with van der Waals surface area (Å²) in [6, 6.07) is 21.4. The van der Waals surface area contributed by atoms with E-state index >= 15 is 0 Å². The molecule has 3 rings (SSSR count). The van der Waals surface area contributed by atoms with E-state index in [1.165, 1.54) is 22.4 Å². The van der Waals surface area contributed by atoms with Gasteiger partial charge in [-0.1, -0.05) is 60.7 Å². The Morgan fingerprint density at radius 1 is 0.857 bits per heavy atom. The number of hydrogen-bond donors (Lipinski definition) is 1. The Bertz CT molecular complexity index is 746. The lowest BCUT2D eigenvalue weighted by atomic mass is 9.88. The molecule has 106 valence electrons. The average Bonchev–Trinajstić information content (AvgIpc) is 2.54. The minimum atomic E-state index is -0.156. The minimum Gasteiger partial charge on any atom is -0.330 e. The zero-order chi connectivity index (χ0) is 14.7. The Balaban J connectivity index is 2.01. The molecule has 0 aliphatic rings. The highest BCUT2D eigenvalue weighted by molar-refractivity contribution is 5.86. The first kappa shape index (κ1) is 13.8. The van der Waals surface area contributed by atoms with Crippen molar-refractivity contribution >= 4 is 10.8 Å². The predicted molar refractivity (Wildman–Crippen MR) is 85.8 cm³/mol. The van der Waals surface area contributed by atoms with E-state index in [1.54, 1.807) is 6.07 Å². The van der Waals surface area contributed by atoms with E-state index in [-0.39, 0.29) is 11.7 Å². The standard InChI is InChI=1S/C19H18FN/c20-19-11-4-2-7-15(19)12-16(13-21)18-10-5-8-14-6-1-3-9-17(14)18/h1-11,16H,12-13,21H2. The van der Waals surface area contributed by atoms with E-state index in [0.29, 0.717) is 13.0 Å². The van der Waals surface area contributed by atoms with Crippen molar-refractivity contribution in [2.75, 3.05) is 6.54 Å². The topological polar surface area (TPSA) is 26.0 Å². The van der Waals surface area contributed by atoms with Crippen LogP contribution in [-0.4, -0.2) is 6.54 Å². The van der Waals surface area contributed by atoms with Crippen LogP contribution in [0.2, 0.25) is 0 Å². The van der Waals surface area contributed by atoms with Gasteiger partial charge in [0.25, 0.3) is 0 Å². The monoisotopic (exact) mass is 279 g/mol. The summed E-state index contributed by atoms with van der Waals surface area (Å²) in [5, 5.41) is 2.40. The third-order valence-electron chi connectivity index (χ3n) is 3.97. The molecule has 0 fully saturated rings. The van der Waals surface area contributed by atoms with E-state index in [0.717, 1.165) is 5.56 Å². The van der Waals surface area contributed by atoms with Crippen LogP contribution in [0, 0.1) is 5.82 Å². The van der Waals surface area contributed by atoms with Crippen LogP contribution in [0.25, 0.3) is 10.8 Å². The quantitative estimate of drug-likeness (QED) is 0.758. The number of fused-ring (bicyclic) bond motifs is 1. The van der Waals surface area contributed by atoms with Crippen molar-refractivity contribution in [3.63, 3.8) is 0 Å². The molecular formula is C19H18FN. The lowest BCUT2D eigenvalue weighted by Gasteiger charge is -2.18. The molecule has 0 aliphatic carbocycles. The van der Waals surface area contributed by atoms with Gasteiger partial charge in [-0.2, -0.15) is 0 Å². The molecule has 0 amide bonds. The van der Waals surface area contributed by atoms with Gasteiger partial charge in [-0.25, -0.2) is 4.39 Å². The third-order valence-corrected chi connectivity index (χ3v) is 3.97. The molecule has 3 aromatic rings. The molecule has 0 bridgehead atoms. The van der Waals surface area contributed by atoms with Gasteiger partial charge >= 0.3 is 0 Å². The lowest BCUT2D eigenvalue weighted by molar-refractivity contribution is 0.591. The second-order valence-corrected chi connectivity index (χ2v) is 5.30. The molecule has 1 unspecified atom stereocenters. The fourth-order valence-electron chi connectivity index (χ4n) is 2.86. The minimum absolute atomic E-state index is 0.119. The lowest BCUT2D eigenvalue weighted by Crippen LogP contribution is -2.16. The summed E-state index contributed by atoms with van der Waals surface area (Å²) < 4.78 is 13.9. The molecule has 2 heteroatoms. The Morgan fingerprint density at radius 2 is 1.57 bits per heavy atom. The van der Waals surface area contributed by atoms with Gasteiger partial charge in [0, 0.05) is 5.92 Å². The molecule has 0 heterocycles. The van der Waals surface area contributed by atoms with Crippen LogP contribution in [0.4, 0.5) is 4.39 Å². The molecule has 21 heavy (non-hydrogen) atoms. The zero-order valence-corrected chi connectivity index (χ0v) is 11.8. The summed E-state index contributed by atoms with van der Waals surface area (Å²) in [7, 11) is 0. The molecule has 0 saturated carbocycles. The van der Waals surface area contributed by atoms with E-state index in [1.807, 2.05) is 30.3 Å². The number of nitrogens with two attached hydrogens (primary N) is 1. The normalized spacial score (nSPS) is 12.5. The molecule has 1 atom stereocenters. The SMILES string of the molecule is NCC(Cc1ccccc1F)c1cccc2ccccc12. The van der Waals surface area contributed by atoms with Gasteiger partial charge in [-0.15, -0.1) is 0 Å². The first-order valence-corrected chi connectivity index (χ1v) is 7.20. The summed E-state index contributed by atoms with van der Waals surface area (Å²) in [6.45, 7) is 0.502. The Labute approximate surface area is 124 Å². The summed E-state index contributed by atoms with van der Waals surface area (Å²) >= 11 is 0. The van der Waals surface area contributed by atoms with Gasteiger partial charge in [-0.05, 0) is 40.9 Å². The van der Waals surface area contributed by atoms with Crippen LogP contribution in [0.3, 0.4) is 0 Å².